The molecule has 4 N–H and O–H groups in total. The van der Waals surface area contributed by atoms with Gasteiger partial charge >= 0.3 is 0 Å². The highest BCUT2D eigenvalue weighted by Gasteiger charge is 2.36. The standard InChI is InChI=1S/C27H34FN3O5/c1-17(2)14-23-22(26(33)31-35)4-3-13-36-21-11-7-18(8-12-21)15-24(30-25(23)32)27(34)29-16-19-5-9-20(28)10-6-19/h5-12,17,22-24,35H,3-4,13-16H2,1-2H3,(H,29,34)(H,30,32)(H,31,33)/t22-,23+,24-/m0/s1. The first-order chi connectivity index (χ1) is 17.3. The summed E-state index contributed by atoms with van der Waals surface area (Å²) in [6.45, 7) is 4.43. The van der Waals surface area contributed by atoms with Gasteiger partial charge in [0.15, 0.2) is 0 Å². The van der Waals surface area contributed by atoms with E-state index in [2.05, 4.69) is 10.6 Å². The van der Waals surface area contributed by atoms with Gasteiger partial charge in [0.25, 0.3) is 0 Å². The summed E-state index contributed by atoms with van der Waals surface area (Å²) in [6.07, 6.45) is 1.47. The van der Waals surface area contributed by atoms with Gasteiger partial charge in [-0.25, -0.2) is 9.87 Å². The van der Waals surface area contributed by atoms with Crippen LogP contribution in [0.5, 0.6) is 5.75 Å². The van der Waals surface area contributed by atoms with Crippen molar-refractivity contribution in [2.75, 3.05) is 6.61 Å². The molecule has 0 spiro atoms. The van der Waals surface area contributed by atoms with Crippen LogP contribution >= 0.6 is 0 Å². The number of benzene rings is 2. The maximum atomic E-state index is 13.5. The quantitative estimate of drug-likeness (QED) is 0.360. The molecule has 2 aromatic rings. The van der Waals surface area contributed by atoms with Crippen molar-refractivity contribution < 1.29 is 28.7 Å². The Morgan fingerprint density at radius 1 is 1.11 bits per heavy atom. The lowest BCUT2D eigenvalue weighted by Gasteiger charge is -2.29. The molecule has 194 valence electrons. The molecule has 3 atom stereocenters. The van der Waals surface area contributed by atoms with Gasteiger partial charge in [0.05, 0.1) is 12.5 Å². The van der Waals surface area contributed by atoms with Gasteiger partial charge in [0.2, 0.25) is 17.7 Å². The summed E-state index contributed by atoms with van der Waals surface area (Å²) in [4.78, 5) is 39.2. The van der Waals surface area contributed by atoms with E-state index in [1.807, 2.05) is 26.0 Å². The first-order valence-electron chi connectivity index (χ1n) is 12.2. The van der Waals surface area contributed by atoms with Crippen molar-refractivity contribution in [2.45, 2.75) is 52.1 Å². The van der Waals surface area contributed by atoms with E-state index in [-0.39, 0.29) is 24.7 Å². The van der Waals surface area contributed by atoms with E-state index in [1.54, 1.807) is 29.7 Å². The zero-order valence-corrected chi connectivity index (χ0v) is 20.6. The number of rotatable bonds is 6. The topological polar surface area (TPSA) is 117 Å². The Morgan fingerprint density at radius 2 is 1.81 bits per heavy atom. The Kier molecular flexibility index (Phi) is 9.81. The highest BCUT2D eigenvalue weighted by molar-refractivity contribution is 5.91. The molecule has 8 nitrogen and oxygen atoms in total. The number of amides is 3. The van der Waals surface area contributed by atoms with Crippen LogP contribution in [-0.4, -0.2) is 35.6 Å². The first kappa shape index (κ1) is 27.1. The minimum atomic E-state index is -0.903. The fourth-order valence-electron chi connectivity index (χ4n) is 4.41. The van der Waals surface area contributed by atoms with Gasteiger partial charge in [-0.3, -0.25) is 19.6 Å². The maximum absolute atomic E-state index is 13.5. The number of carbonyl (C=O) groups excluding carboxylic acids is 3. The zero-order chi connectivity index (χ0) is 26.1. The molecule has 2 aromatic carbocycles. The molecule has 0 aromatic heterocycles. The van der Waals surface area contributed by atoms with Crippen LogP contribution in [0.25, 0.3) is 0 Å². The van der Waals surface area contributed by atoms with Crippen LogP contribution in [0.4, 0.5) is 4.39 Å². The molecular formula is C27H34FN3O5. The molecule has 3 amide bonds. The van der Waals surface area contributed by atoms with E-state index in [0.717, 1.165) is 11.1 Å². The van der Waals surface area contributed by atoms with Gasteiger partial charge in [0.1, 0.15) is 17.6 Å². The second-order valence-corrected chi connectivity index (χ2v) is 9.56. The average molecular weight is 500 g/mol. The van der Waals surface area contributed by atoms with E-state index in [4.69, 9.17) is 4.74 Å². The van der Waals surface area contributed by atoms with Crippen LogP contribution in [0.1, 0.15) is 44.2 Å². The lowest BCUT2D eigenvalue weighted by atomic mass is 9.81. The Labute approximate surface area is 210 Å². The van der Waals surface area contributed by atoms with E-state index < -0.39 is 35.6 Å². The second kappa shape index (κ2) is 13.0. The van der Waals surface area contributed by atoms with Crippen molar-refractivity contribution in [1.82, 2.24) is 16.1 Å². The smallest absolute Gasteiger partial charge is 0.247 e. The number of hydrogen-bond donors (Lipinski definition) is 4. The highest BCUT2D eigenvalue weighted by atomic mass is 19.1. The van der Waals surface area contributed by atoms with E-state index in [9.17, 15) is 24.0 Å². The van der Waals surface area contributed by atoms with Crippen molar-refractivity contribution in [3.8, 4) is 5.75 Å². The molecule has 2 heterocycles. The van der Waals surface area contributed by atoms with Crippen molar-refractivity contribution in [2.24, 2.45) is 17.8 Å². The Balaban J connectivity index is 1.87. The second-order valence-electron chi connectivity index (χ2n) is 9.56. The third-order valence-corrected chi connectivity index (χ3v) is 6.30. The molecule has 2 aliphatic rings. The number of fused-ring (bicyclic) bond motifs is 11. The summed E-state index contributed by atoms with van der Waals surface area (Å²) in [5.74, 6) is -2.58. The zero-order valence-electron chi connectivity index (χ0n) is 20.6. The minimum Gasteiger partial charge on any atom is -0.494 e. The Bertz CT molecular complexity index is 1030. The Morgan fingerprint density at radius 3 is 2.44 bits per heavy atom. The van der Waals surface area contributed by atoms with E-state index in [1.165, 1.54) is 12.1 Å². The summed E-state index contributed by atoms with van der Waals surface area (Å²) in [6, 6.07) is 12.2. The van der Waals surface area contributed by atoms with Gasteiger partial charge in [0, 0.05) is 18.9 Å². The molecule has 0 saturated carbocycles. The van der Waals surface area contributed by atoms with Crippen molar-refractivity contribution >= 4 is 17.7 Å². The monoisotopic (exact) mass is 499 g/mol. The van der Waals surface area contributed by atoms with Crippen LogP contribution in [-0.2, 0) is 27.3 Å². The van der Waals surface area contributed by atoms with Crippen molar-refractivity contribution in [3.63, 3.8) is 0 Å². The summed E-state index contributed by atoms with van der Waals surface area (Å²) in [5, 5.41) is 15.0. The predicted octanol–water partition coefficient (Wildman–Crippen LogP) is 3.13. The molecule has 0 aliphatic carbocycles. The third kappa shape index (κ3) is 7.78. The van der Waals surface area contributed by atoms with Gasteiger partial charge in [-0.1, -0.05) is 38.1 Å². The fraction of sp³-hybridized carbons (Fsp3) is 0.444. The number of nitrogens with one attached hydrogen (secondary N) is 3. The van der Waals surface area contributed by atoms with Crippen molar-refractivity contribution in [3.05, 3.63) is 65.5 Å². The third-order valence-electron chi connectivity index (χ3n) is 6.30. The SMILES string of the molecule is CC(C)C[C@H]1C(=O)N[C@H](C(=O)NCc2ccc(F)cc2)Cc2ccc(cc2)OCCC[C@@H]1C(=O)NO. The summed E-state index contributed by atoms with van der Waals surface area (Å²) < 4.78 is 19.0. The summed E-state index contributed by atoms with van der Waals surface area (Å²) in [7, 11) is 0. The summed E-state index contributed by atoms with van der Waals surface area (Å²) in [5.41, 5.74) is 3.24. The van der Waals surface area contributed by atoms with Crippen LogP contribution in [0.2, 0.25) is 0 Å². The van der Waals surface area contributed by atoms with E-state index in [0.29, 0.717) is 31.6 Å². The number of hydroxylamine groups is 1. The largest absolute Gasteiger partial charge is 0.494 e. The van der Waals surface area contributed by atoms with Gasteiger partial charge in [-0.2, -0.15) is 0 Å². The molecule has 0 unspecified atom stereocenters. The van der Waals surface area contributed by atoms with Crippen LogP contribution in [0, 0.1) is 23.6 Å². The molecule has 4 rings (SSSR count). The molecule has 0 radical (unpaired) electrons. The van der Waals surface area contributed by atoms with Crippen LogP contribution in [0.3, 0.4) is 0 Å². The predicted molar refractivity (Wildman–Crippen MR) is 131 cm³/mol. The number of halogens is 1. The van der Waals surface area contributed by atoms with E-state index >= 15 is 0 Å². The molecular weight excluding hydrogens is 465 g/mol. The highest BCUT2D eigenvalue weighted by Crippen LogP contribution is 2.27. The fourth-order valence-corrected chi connectivity index (χ4v) is 4.41. The van der Waals surface area contributed by atoms with Gasteiger partial charge in [-0.15, -0.1) is 0 Å². The molecule has 0 fully saturated rings. The first-order valence-corrected chi connectivity index (χ1v) is 12.2. The van der Waals surface area contributed by atoms with Gasteiger partial charge in [-0.05, 0) is 60.6 Å². The number of hydrogen-bond acceptors (Lipinski definition) is 5. The normalized spacial score (nSPS) is 20.7. The summed E-state index contributed by atoms with van der Waals surface area (Å²) >= 11 is 0. The molecule has 9 heteroatoms. The lowest BCUT2D eigenvalue weighted by molar-refractivity contribution is -0.142. The number of ether oxygens (including phenoxy) is 1. The molecule has 36 heavy (non-hydrogen) atoms. The maximum Gasteiger partial charge on any atom is 0.247 e. The molecule has 2 bridgehead atoms. The number of carbonyl (C=O) groups is 3. The minimum absolute atomic E-state index is 0.0995. The van der Waals surface area contributed by atoms with Crippen LogP contribution < -0.4 is 20.9 Å². The van der Waals surface area contributed by atoms with Crippen molar-refractivity contribution in [1.29, 1.82) is 0 Å². The lowest BCUT2D eigenvalue weighted by Crippen LogP contribution is -2.51. The van der Waals surface area contributed by atoms with Gasteiger partial charge < -0.3 is 15.4 Å². The molecule has 2 aliphatic heterocycles. The average Bonchev–Trinajstić information content (AvgIpc) is 2.86. The Hall–Kier alpha value is -3.46. The molecule has 0 saturated heterocycles. The van der Waals surface area contributed by atoms with Crippen LogP contribution in [0.15, 0.2) is 48.5 Å².